The van der Waals surface area contributed by atoms with Gasteiger partial charge in [-0.05, 0) is 23.9 Å². The highest BCUT2D eigenvalue weighted by molar-refractivity contribution is 7.11. The van der Waals surface area contributed by atoms with Crippen molar-refractivity contribution in [3.63, 3.8) is 0 Å². The van der Waals surface area contributed by atoms with Gasteiger partial charge in [0.25, 0.3) is 0 Å². The Balaban J connectivity index is 1.90. The van der Waals surface area contributed by atoms with Crippen LogP contribution in [0.15, 0.2) is 0 Å². The van der Waals surface area contributed by atoms with Crippen molar-refractivity contribution in [2.24, 2.45) is 5.92 Å². The van der Waals surface area contributed by atoms with Gasteiger partial charge in [0.05, 0.1) is 7.11 Å². The van der Waals surface area contributed by atoms with Crippen LogP contribution in [0.4, 0.5) is 10.8 Å². The van der Waals surface area contributed by atoms with E-state index in [4.69, 9.17) is 10.5 Å². The van der Waals surface area contributed by atoms with Gasteiger partial charge >= 0.3 is 5.97 Å². The van der Waals surface area contributed by atoms with Crippen molar-refractivity contribution >= 4 is 28.3 Å². The van der Waals surface area contributed by atoms with Crippen LogP contribution in [-0.2, 0) is 4.74 Å². The smallest absolute Gasteiger partial charge is 0.344 e. The lowest BCUT2D eigenvalue weighted by Gasteiger charge is -2.10. The first-order valence-electron chi connectivity index (χ1n) is 6.29. The zero-order valence-corrected chi connectivity index (χ0v) is 11.4. The fourth-order valence-corrected chi connectivity index (χ4v) is 3.14. The highest BCUT2D eigenvalue weighted by atomic mass is 32.1. The summed E-state index contributed by atoms with van der Waals surface area (Å²) in [4.78, 5) is 11.6. The molecule has 0 atom stereocenters. The number of methoxy groups -OCH3 is 1. The molecule has 0 saturated heterocycles. The first-order valence-corrected chi connectivity index (χ1v) is 7.07. The Hall–Kier alpha value is -1.30. The van der Waals surface area contributed by atoms with Crippen molar-refractivity contribution in [2.75, 3.05) is 24.7 Å². The lowest BCUT2D eigenvalue weighted by molar-refractivity contribution is 0.0603. The van der Waals surface area contributed by atoms with E-state index in [9.17, 15) is 4.79 Å². The maximum Gasteiger partial charge on any atom is 0.344 e. The highest BCUT2D eigenvalue weighted by Crippen LogP contribution is 2.30. The molecule has 0 bridgehead atoms. The Kier molecular flexibility index (Phi) is 4.41. The molecule has 1 aliphatic rings. The van der Waals surface area contributed by atoms with Gasteiger partial charge in [0, 0.05) is 6.54 Å². The maximum absolute atomic E-state index is 11.6. The number of nitrogens with one attached hydrogen (secondary N) is 1. The van der Waals surface area contributed by atoms with E-state index in [1.54, 1.807) is 0 Å². The summed E-state index contributed by atoms with van der Waals surface area (Å²) in [5.41, 5.74) is 6.04. The molecule has 5 nitrogen and oxygen atoms in total. The second-order valence-corrected chi connectivity index (χ2v) is 5.40. The number of ether oxygens (including phenoxy) is 1. The van der Waals surface area contributed by atoms with Gasteiger partial charge in [0.2, 0.25) is 0 Å². The summed E-state index contributed by atoms with van der Waals surface area (Å²) in [5, 5.41) is 3.97. The number of anilines is 2. The minimum atomic E-state index is -0.426. The number of nitrogen functional groups attached to an aromatic ring is 1. The third-order valence-corrected chi connectivity index (χ3v) is 4.24. The zero-order valence-electron chi connectivity index (χ0n) is 10.6. The molecule has 18 heavy (non-hydrogen) atoms. The summed E-state index contributed by atoms with van der Waals surface area (Å²) in [7, 11) is 1.35. The van der Waals surface area contributed by atoms with Gasteiger partial charge in [-0.3, -0.25) is 0 Å². The second-order valence-electron chi connectivity index (χ2n) is 4.63. The lowest BCUT2D eigenvalue weighted by Crippen LogP contribution is -2.10. The third kappa shape index (κ3) is 2.93. The van der Waals surface area contributed by atoms with Gasteiger partial charge in [0.1, 0.15) is 10.6 Å². The predicted octanol–water partition coefficient (Wildman–Crippen LogP) is 2.50. The summed E-state index contributed by atoms with van der Waals surface area (Å²) in [6.07, 6.45) is 6.50. The van der Waals surface area contributed by atoms with Gasteiger partial charge in [0.15, 0.2) is 5.82 Å². The fourth-order valence-electron chi connectivity index (χ4n) is 2.41. The van der Waals surface area contributed by atoms with Crippen LogP contribution >= 0.6 is 11.5 Å². The Morgan fingerprint density at radius 3 is 2.94 bits per heavy atom. The SMILES string of the molecule is COC(=O)c1c(N)nsc1NCCC1CCCC1. The van der Waals surface area contributed by atoms with Gasteiger partial charge in [-0.1, -0.05) is 25.7 Å². The molecule has 0 aromatic carbocycles. The predicted molar refractivity (Wildman–Crippen MR) is 72.9 cm³/mol. The van der Waals surface area contributed by atoms with Crippen molar-refractivity contribution in [1.82, 2.24) is 4.37 Å². The molecule has 0 unspecified atom stereocenters. The van der Waals surface area contributed by atoms with E-state index in [0.29, 0.717) is 5.56 Å². The summed E-state index contributed by atoms with van der Waals surface area (Å²) < 4.78 is 8.70. The normalized spacial score (nSPS) is 15.8. The standard InChI is InChI=1S/C12H19N3O2S/c1-17-12(16)9-10(13)15-18-11(9)14-7-6-8-4-2-3-5-8/h8,14H,2-7H2,1H3,(H2,13,15). The number of nitrogens with zero attached hydrogens (tertiary/aromatic N) is 1. The van der Waals surface area contributed by atoms with Crippen LogP contribution in [0.3, 0.4) is 0 Å². The fraction of sp³-hybridized carbons (Fsp3) is 0.667. The number of aromatic nitrogens is 1. The number of carbonyl (C=O) groups excluding carboxylic acids is 1. The van der Waals surface area contributed by atoms with Crippen LogP contribution < -0.4 is 11.1 Å². The molecule has 3 N–H and O–H groups in total. The third-order valence-electron chi connectivity index (χ3n) is 3.42. The largest absolute Gasteiger partial charge is 0.465 e. The number of nitrogens with two attached hydrogens (primary N) is 1. The molecule has 1 fully saturated rings. The van der Waals surface area contributed by atoms with Gasteiger partial charge < -0.3 is 15.8 Å². The molecular formula is C12H19N3O2S. The Morgan fingerprint density at radius 2 is 2.28 bits per heavy atom. The second kappa shape index (κ2) is 6.04. The summed E-state index contributed by atoms with van der Waals surface area (Å²) >= 11 is 1.22. The van der Waals surface area contributed by atoms with E-state index >= 15 is 0 Å². The minimum Gasteiger partial charge on any atom is -0.465 e. The first kappa shape index (κ1) is 13.1. The van der Waals surface area contributed by atoms with Gasteiger partial charge in [-0.15, -0.1) is 0 Å². The van der Waals surface area contributed by atoms with E-state index in [0.717, 1.165) is 23.9 Å². The first-order chi connectivity index (χ1) is 8.72. The molecule has 1 saturated carbocycles. The average Bonchev–Trinajstić information content (AvgIpc) is 2.99. The molecular weight excluding hydrogens is 250 g/mol. The van der Waals surface area contributed by atoms with Crippen molar-refractivity contribution in [3.8, 4) is 0 Å². The number of hydrogen-bond donors (Lipinski definition) is 2. The van der Waals surface area contributed by atoms with Crippen molar-refractivity contribution < 1.29 is 9.53 Å². The number of rotatable bonds is 5. The van der Waals surface area contributed by atoms with Crippen LogP contribution in [0.2, 0.25) is 0 Å². The Labute approximate surface area is 111 Å². The van der Waals surface area contributed by atoms with Gasteiger partial charge in [-0.25, -0.2) is 4.79 Å². The highest BCUT2D eigenvalue weighted by Gasteiger charge is 2.20. The molecule has 6 heteroatoms. The summed E-state index contributed by atoms with van der Waals surface area (Å²) in [6.45, 7) is 0.857. The van der Waals surface area contributed by atoms with Crippen molar-refractivity contribution in [1.29, 1.82) is 0 Å². The van der Waals surface area contributed by atoms with E-state index in [1.165, 1.54) is 44.3 Å². The van der Waals surface area contributed by atoms with Crippen molar-refractivity contribution in [3.05, 3.63) is 5.56 Å². The van der Waals surface area contributed by atoms with E-state index in [1.807, 2.05) is 0 Å². The molecule has 0 spiro atoms. The molecule has 1 heterocycles. The number of carbonyl (C=O) groups is 1. The van der Waals surface area contributed by atoms with Crippen LogP contribution in [0, 0.1) is 5.92 Å². The van der Waals surface area contributed by atoms with Crippen LogP contribution in [0.5, 0.6) is 0 Å². The Morgan fingerprint density at radius 1 is 1.56 bits per heavy atom. The summed E-state index contributed by atoms with van der Waals surface area (Å²) in [6, 6.07) is 0. The molecule has 0 radical (unpaired) electrons. The Bertz CT molecular complexity index is 413. The molecule has 1 aliphatic carbocycles. The lowest BCUT2D eigenvalue weighted by atomic mass is 10.0. The number of hydrogen-bond acceptors (Lipinski definition) is 6. The molecule has 2 rings (SSSR count). The van der Waals surface area contributed by atoms with Crippen LogP contribution in [-0.4, -0.2) is 24.0 Å². The summed E-state index contributed by atoms with van der Waals surface area (Å²) in [5.74, 6) is 0.643. The van der Waals surface area contributed by atoms with Crippen molar-refractivity contribution in [2.45, 2.75) is 32.1 Å². The van der Waals surface area contributed by atoms with E-state index in [-0.39, 0.29) is 5.82 Å². The van der Waals surface area contributed by atoms with E-state index < -0.39 is 5.97 Å². The molecule has 1 aromatic heterocycles. The zero-order chi connectivity index (χ0) is 13.0. The maximum atomic E-state index is 11.6. The quantitative estimate of drug-likeness (QED) is 0.803. The minimum absolute atomic E-state index is 0.246. The topological polar surface area (TPSA) is 77.2 Å². The molecule has 1 aromatic rings. The van der Waals surface area contributed by atoms with Crippen LogP contribution in [0.25, 0.3) is 0 Å². The molecule has 0 aliphatic heterocycles. The average molecular weight is 269 g/mol. The molecule has 0 amide bonds. The van der Waals surface area contributed by atoms with Gasteiger partial charge in [-0.2, -0.15) is 4.37 Å². The van der Waals surface area contributed by atoms with E-state index in [2.05, 4.69) is 9.69 Å². The van der Waals surface area contributed by atoms with Crippen LogP contribution in [0.1, 0.15) is 42.5 Å². The number of esters is 1. The monoisotopic (exact) mass is 269 g/mol. The molecule has 100 valence electrons.